The van der Waals surface area contributed by atoms with E-state index in [0.717, 1.165) is 10.6 Å². The number of nitrogens with two attached hydrogens (primary N) is 1. The predicted octanol–water partition coefficient (Wildman–Crippen LogP) is 2.08. The first-order valence-corrected chi connectivity index (χ1v) is 6.04. The Morgan fingerprint density at radius 3 is 2.93 bits per heavy atom. The molecule has 0 saturated carbocycles. The van der Waals surface area contributed by atoms with Crippen LogP contribution in [0.4, 0.5) is 5.69 Å². The van der Waals surface area contributed by atoms with Crippen LogP contribution in [0.25, 0.3) is 0 Å². The van der Waals surface area contributed by atoms with Gasteiger partial charge in [-0.1, -0.05) is 6.07 Å². The maximum atomic E-state index is 11.4. The summed E-state index contributed by atoms with van der Waals surface area (Å²) in [4.78, 5) is 12.6. The van der Waals surface area contributed by atoms with Crippen LogP contribution >= 0.6 is 11.8 Å². The SMILES string of the molecule is CSc1cccc(NC(=O)CC(C)N)c1. The monoisotopic (exact) mass is 224 g/mol. The summed E-state index contributed by atoms with van der Waals surface area (Å²) < 4.78 is 0. The number of hydrogen-bond donors (Lipinski definition) is 2. The van der Waals surface area contributed by atoms with Gasteiger partial charge in [-0.15, -0.1) is 11.8 Å². The highest BCUT2D eigenvalue weighted by atomic mass is 32.2. The van der Waals surface area contributed by atoms with Gasteiger partial charge < -0.3 is 11.1 Å². The molecule has 0 spiro atoms. The van der Waals surface area contributed by atoms with Crippen molar-refractivity contribution in [1.29, 1.82) is 0 Å². The van der Waals surface area contributed by atoms with Gasteiger partial charge in [0.05, 0.1) is 0 Å². The maximum absolute atomic E-state index is 11.4. The van der Waals surface area contributed by atoms with Gasteiger partial charge in [0.1, 0.15) is 0 Å². The summed E-state index contributed by atoms with van der Waals surface area (Å²) in [5, 5.41) is 2.82. The minimum absolute atomic E-state index is 0.0387. The highest BCUT2D eigenvalue weighted by molar-refractivity contribution is 7.98. The molecule has 0 aliphatic rings. The summed E-state index contributed by atoms with van der Waals surface area (Å²) >= 11 is 1.65. The zero-order valence-corrected chi connectivity index (χ0v) is 9.80. The van der Waals surface area contributed by atoms with Crippen LogP contribution in [-0.2, 0) is 4.79 Å². The third kappa shape index (κ3) is 4.36. The molecule has 1 amide bonds. The summed E-state index contributed by atoms with van der Waals surface area (Å²) in [5.41, 5.74) is 6.36. The summed E-state index contributed by atoms with van der Waals surface area (Å²) in [6.07, 6.45) is 2.35. The minimum Gasteiger partial charge on any atom is -0.327 e. The first-order valence-electron chi connectivity index (χ1n) is 4.81. The molecular weight excluding hydrogens is 208 g/mol. The topological polar surface area (TPSA) is 55.1 Å². The molecule has 0 aliphatic carbocycles. The molecule has 1 rings (SSSR count). The van der Waals surface area contributed by atoms with Crippen LogP contribution in [-0.4, -0.2) is 18.2 Å². The standard InChI is InChI=1S/C11H16N2OS/c1-8(12)6-11(14)13-9-4-3-5-10(7-9)15-2/h3-5,7-8H,6,12H2,1-2H3,(H,13,14). The molecule has 82 valence electrons. The number of amides is 1. The van der Waals surface area contributed by atoms with Gasteiger partial charge in [-0.05, 0) is 31.4 Å². The number of anilines is 1. The van der Waals surface area contributed by atoms with Crippen molar-refractivity contribution in [3.05, 3.63) is 24.3 Å². The number of thioether (sulfide) groups is 1. The lowest BCUT2D eigenvalue weighted by Gasteiger charge is -2.07. The molecule has 0 fully saturated rings. The number of benzene rings is 1. The Balaban J connectivity index is 2.60. The minimum atomic E-state index is -0.103. The Bertz CT molecular complexity index is 339. The number of nitrogens with one attached hydrogen (secondary N) is 1. The molecule has 15 heavy (non-hydrogen) atoms. The first kappa shape index (κ1) is 12.1. The molecule has 0 bridgehead atoms. The fourth-order valence-corrected chi connectivity index (χ4v) is 1.66. The second kappa shape index (κ2) is 5.78. The van der Waals surface area contributed by atoms with Crippen molar-refractivity contribution in [2.24, 2.45) is 5.73 Å². The Kier molecular flexibility index (Phi) is 4.65. The molecular formula is C11H16N2OS. The number of rotatable bonds is 4. The number of hydrogen-bond acceptors (Lipinski definition) is 3. The molecule has 1 aromatic rings. The van der Waals surface area contributed by atoms with Crippen LogP contribution in [0, 0.1) is 0 Å². The van der Waals surface area contributed by atoms with E-state index in [9.17, 15) is 4.79 Å². The van der Waals surface area contributed by atoms with Gasteiger partial charge in [-0.25, -0.2) is 0 Å². The number of carbonyl (C=O) groups excluding carboxylic acids is 1. The second-order valence-electron chi connectivity index (χ2n) is 3.46. The fourth-order valence-electron chi connectivity index (χ4n) is 1.21. The van der Waals surface area contributed by atoms with Gasteiger partial charge in [0, 0.05) is 23.0 Å². The molecule has 0 aromatic heterocycles. The molecule has 0 heterocycles. The van der Waals surface area contributed by atoms with E-state index in [0.29, 0.717) is 6.42 Å². The number of carbonyl (C=O) groups is 1. The van der Waals surface area contributed by atoms with Crippen molar-refractivity contribution < 1.29 is 4.79 Å². The molecule has 1 aromatic carbocycles. The second-order valence-corrected chi connectivity index (χ2v) is 4.34. The molecule has 0 radical (unpaired) electrons. The lowest BCUT2D eigenvalue weighted by molar-refractivity contribution is -0.116. The van der Waals surface area contributed by atoms with Gasteiger partial charge in [0.2, 0.25) is 5.91 Å². The van der Waals surface area contributed by atoms with Gasteiger partial charge in [-0.3, -0.25) is 4.79 Å². The summed E-state index contributed by atoms with van der Waals surface area (Å²) in [6.45, 7) is 1.82. The van der Waals surface area contributed by atoms with Crippen LogP contribution in [0.15, 0.2) is 29.2 Å². The van der Waals surface area contributed by atoms with E-state index in [4.69, 9.17) is 5.73 Å². The van der Waals surface area contributed by atoms with E-state index in [1.54, 1.807) is 11.8 Å². The van der Waals surface area contributed by atoms with Crippen LogP contribution in [0.1, 0.15) is 13.3 Å². The van der Waals surface area contributed by atoms with Crippen LogP contribution in [0.3, 0.4) is 0 Å². The Hall–Kier alpha value is -1.00. The fraction of sp³-hybridized carbons (Fsp3) is 0.364. The van der Waals surface area contributed by atoms with Crippen LogP contribution in [0.2, 0.25) is 0 Å². The molecule has 0 aliphatic heterocycles. The van der Waals surface area contributed by atoms with E-state index in [2.05, 4.69) is 5.32 Å². The van der Waals surface area contributed by atoms with Gasteiger partial charge >= 0.3 is 0 Å². The molecule has 3 nitrogen and oxygen atoms in total. The Morgan fingerprint density at radius 2 is 2.33 bits per heavy atom. The van der Waals surface area contributed by atoms with E-state index in [-0.39, 0.29) is 11.9 Å². The van der Waals surface area contributed by atoms with Crippen molar-refractivity contribution in [3.8, 4) is 0 Å². The third-order valence-corrected chi connectivity index (χ3v) is 2.59. The van der Waals surface area contributed by atoms with Crippen molar-refractivity contribution in [2.75, 3.05) is 11.6 Å². The third-order valence-electron chi connectivity index (χ3n) is 1.86. The highest BCUT2D eigenvalue weighted by Crippen LogP contribution is 2.18. The predicted molar refractivity (Wildman–Crippen MR) is 65.1 cm³/mol. The maximum Gasteiger partial charge on any atom is 0.225 e. The van der Waals surface area contributed by atoms with Crippen molar-refractivity contribution in [2.45, 2.75) is 24.3 Å². The average Bonchev–Trinajstić information content (AvgIpc) is 2.16. The van der Waals surface area contributed by atoms with E-state index < -0.39 is 0 Å². The average molecular weight is 224 g/mol. The Morgan fingerprint density at radius 1 is 1.60 bits per heavy atom. The van der Waals surface area contributed by atoms with Crippen molar-refractivity contribution in [3.63, 3.8) is 0 Å². The lowest BCUT2D eigenvalue weighted by atomic mass is 10.2. The van der Waals surface area contributed by atoms with Gasteiger partial charge in [0.15, 0.2) is 0 Å². The van der Waals surface area contributed by atoms with Crippen LogP contribution < -0.4 is 11.1 Å². The van der Waals surface area contributed by atoms with E-state index in [1.165, 1.54) is 0 Å². The molecule has 4 heteroatoms. The zero-order valence-electron chi connectivity index (χ0n) is 8.99. The lowest BCUT2D eigenvalue weighted by Crippen LogP contribution is -2.23. The van der Waals surface area contributed by atoms with Gasteiger partial charge in [0.25, 0.3) is 0 Å². The molecule has 1 atom stereocenters. The molecule has 1 unspecified atom stereocenters. The summed E-state index contributed by atoms with van der Waals surface area (Å²) in [7, 11) is 0. The van der Waals surface area contributed by atoms with Crippen molar-refractivity contribution >= 4 is 23.4 Å². The zero-order chi connectivity index (χ0) is 11.3. The van der Waals surface area contributed by atoms with Crippen molar-refractivity contribution in [1.82, 2.24) is 0 Å². The van der Waals surface area contributed by atoms with E-state index >= 15 is 0 Å². The molecule has 0 saturated heterocycles. The van der Waals surface area contributed by atoms with E-state index in [1.807, 2.05) is 37.4 Å². The quantitative estimate of drug-likeness (QED) is 0.770. The summed E-state index contributed by atoms with van der Waals surface area (Å²) in [5.74, 6) is -0.0387. The largest absolute Gasteiger partial charge is 0.327 e. The first-order chi connectivity index (χ1) is 7.11. The van der Waals surface area contributed by atoms with Crippen LogP contribution in [0.5, 0.6) is 0 Å². The highest BCUT2D eigenvalue weighted by Gasteiger charge is 2.05. The summed E-state index contributed by atoms with van der Waals surface area (Å²) in [6, 6.07) is 7.65. The van der Waals surface area contributed by atoms with Gasteiger partial charge in [-0.2, -0.15) is 0 Å². The molecule has 3 N–H and O–H groups in total. The smallest absolute Gasteiger partial charge is 0.225 e. The normalized spacial score (nSPS) is 12.2. The Labute approximate surface area is 94.4 Å².